The second-order valence-electron chi connectivity index (χ2n) is 6.88. The zero-order valence-corrected chi connectivity index (χ0v) is 15.2. The molecule has 3 atom stereocenters. The molecule has 2 aliphatic heterocycles. The van der Waals surface area contributed by atoms with Crippen LogP contribution in [0.15, 0.2) is 42.5 Å². The Labute approximate surface area is 154 Å². The second kappa shape index (κ2) is 7.27. The highest BCUT2D eigenvalue weighted by atomic mass is 16.5. The van der Waals surface area contributed by atoms with Crippen LogP contribution in [0.2, 0.25) is 0 Å². The molecule has 0 aliphatic carbocycles. The summed E-state index contributed by atoms with van der Waals surface area (Å²) in [5, 5.41) is 9.98. The van der Waals surface area contributed by atoms with Crippen molar-refractivity contribution in [3.63, 3.8) is 0 Å². The van der Waals surface area contributed by atoms with Crippen LogP contribution < -0.4 is 9.47 Å². The Bertz CT molecular complexity index is 764. The molecule has 26 heavy (non-hydrogen) atoms. The van der Waals surface area contributed by atoms with Gasteiger partial charge in [0.05, 0.1) is 20.8 Å². The largest absolute Gasteiger partial charge is 0.493 e. The number of hydrogen-bond donors (Lipinski definition) is 1. The van der Waals surface area contributed by atoms with Crippen molar-refractivity contribution in [2.24, 2.45) is 5.92 Å². The monoisotopic (exact) mass is 355 g/mol. The summed E-state index contributed by atoms with van der Waals surface area (Å²) in [5.74, 6) is 1.52. The molecule has 0 saturated carbocycles. The first-order valence-corrected chi connectivity index (χ1v) is 9.04. The molecule has 2 aliphatic rings. The van der Waals surface area contributed by atoms with E-state index in [9.17, 15) is 5.11 Å². The molecule has 0 bridgehead atoms. The Kier molecular flexibility index (Phi) is 4.85. The van der Waals surface area contributed by atoms with Crippen LogP contribution in [0.3, 0.4) is 0 Å². The van der Waals surface area contributed by atoms with E-state index < -0.39 is 0 Å². The van der Waals surface area contributed by atoms with Crippen molar-refractivity contribution in [2.45, 2.75) is 18.7 Å². The molecule has 2 heterocycles. The molecule has 1 saturated heterocycles. The molecule has 1 fully saturated rings. The standard InChI is InChI=1S/C21H25NO4/c1-24-18-10-15-8-9-22-20(17(15)11-19(18)25-2)16(12-23)13-26-21(22)14-6-4-3-5-7-14/h3-7,10-11,16,20-21,23H,8-9,12-13H2,1-2H3/t16-,20+,21-/m0/s1. The molecule has 0 unspecified atom stereocenters. The van der Waals surface area contributed by atoms with Crippen LogP contribution in [0.5, 0.6) is 11.5 Å². The molecule has 5 nitrogen and oxygen atoms in total. The lowest BCUT2D eigenvalue weighted by atomic mass is 9.83. The Morgan fingerprint density at radius 2 is 1.85 bits per heavy atom. The van der Waals surface area contributed by atoms with Gasteiger partial charge >= 0.3 is 0 Å². The fourth-order valence-electron chi connectivity index (χ4n) is 4.24. The number of aliphatic hydroxyl groups excluding tert-OH is 1. The van der Waals surface area contributed by atoms with Gasteiger partial charge in [-0.15, -0.1) is 0 Å². The summed E-state index contributed by atoms with van der Waals surface area (Å²) in [5.41, 5.74) is 3.62. The maximum Gasteiger partial charge on any atom is 0.161 e. The zero-order chi connectivity index (χ0) is 18.1. The van der Waals surface area contributed by atoms with E-state index in [0.717, 1.165) is 30.0 Å². The van der Waals surface area contributed by atoms with Gasteiger partial charge in [0, 0.05) is 25.1 Å². The summed E-state index contributed by atoms with van der Waals surface area (Å²) >= 11 is 0. The van der Waals surface area contributed by atoms with Gasteiger partial charge in [-0.3, -0.25) is 4.90 Å². The SMILES string of the molecule is COc1cc2c(cc1OC)[C@H]1[C@@H](CO)CO[C@@H](c3ccccc3)N1CC2. The Hall–Kier alpha value is -2.08. The second-order valence-corrected chi connectivity index (χ2v) is 6.88. The normalized spacial score (nSPS) is 25.3. The quantitative estimate of drug-likeness (QED) is 0.914. The van der Waals surface area contributed by atoms with Crippen molar-refractivity contribution in [2.75, 3.05) is 34.0 Å². The van der Waals surface area contributed by atoms with E-state index >= 15 is 0 Å². The Morgan fingerprint density at radius 1 is 1.12 bits per heavy atom. The summed E-state index contributed by atoms with van der Waals surface area (Å²) < 4.78 is 17.2. The van der Waals surface area contributed by atoms with Crippen LogP contribution in [0.1, 0.15) is 29.0 Å². The molecule has 138 valence electrons. The van der Waals surface area contributed by atoms with Gasteiger partial charge in [-0.1, -0.05) is 30.3 Å². The van der Waals surface area contributed by atoms with Gasteiger partial charge in [-0.25, -0.2) is 0 Å². The van der Waals surface area contributed by atoms with Gasteiger partial charge in [0.25, 0.3) is 0 Å². The minimum absolute atomic E-state index is 0.0344. The number of ether oxygens (including phenoxy) is 3. The van der Waals surface area contributed by atoms with E-state index in [2.05, 4.69) is 29.2 Å². The Morgan fingerprint density at radius 3 is 2.54 bits per heavy atom. The third kappa shape index (κ3) is 2.86. The molecular formula is C21H25NO4. The van der Waals surface area contributed by atoms with Crippen molar-refractivity contribution in [1.29, 1.82) is 0 Å². The maximum absolute atomic E-state index is 9.98. The number of hydrogen-bond acceptors (Lipinski definition) is 5. The lowest BCUT2D eigenvalue weighted by molar-refractivity contribution is -0.166. The first-order valence-electron chi connectivity index (χ1n) is 9.04. The number of rotatable bonds is 4. The van der Waals surface area contributed by atoms with Gasteiger partial charge in [-0.2, -0.15) is 0 Å². The molecule has 0 aromatic heterocycles. The van der Waals surface area contributed by atoms with Gasteiger partial charge in [-0.05, 0) is 35.2 Å². The van der Waals surface area contributed by atoms with E-state index in [1.54, 1.807) is 14.2 Å². The molecule has 0 amide bonds. The summed E-state index contributed by atoms with van der Waals surface area (Å²) in [4.78, 5) is 2.37. The number of fused-ring (bicyclic) bond motifs is 3. The molecule has 5 heteroatoms. The molecule has 0 radical (unpaired) electrons. The summed E-state index contributed by atoms with van der Waals surface area (Å²) in [6.45, 7) is 1.50. The van der Waals surface area contributed by atoms with E-state index in [1.165, 1.54) is 11.1 Å². The highest BCUT2D eigenvalue weighted by Gasteiger charge is 2.42. The predicted molar refractivity (Wildman–Crippen MR) is 98.4 cm³/mol. The predicted octanol–water partition coefficient (Wildman–Crippen LogP) is 2.94. The minimum Gasteiger partial charge on any atom is -0.493 e. The summed E-state index contributed by atoms with van der Waals surface area (Å²) in [7, 11) is 3.32. The van der Waals surface area contributed by atoms with Gasteiger partial charge in [0.2, 0.25) is 0 Å². The Balaban J connectivity index is 1.77. The van der Waals surface area contributed by atoms with Crippen LogP contribution in [0.4, 0.5) is 0 Å². The summed E-state index contributed by atoms with van der Waals surface area (Å²) in [6, 6.07) is 14.5. The van der Waals surface area contributed by atoms with E-state index in [-0.39, 0.29) is 24.8 Å². The number of methoxy groups -OCH3 is 2. The van der Waals surface area contributed by atoms with Gasteiger partial charge in [0.1, 0.15) is 6.23 Å². The topological polar surface area (TPSA) is 51.2 Å². The third-order valence-corrected chi connectivity index (χ3v) is 5.50. The van der Waals surface area contributed by atoms with Crippen LogP contribution >= 0.6 is 0 Å². The molecule has 0 spiro atoms. The van der Waals surface area contributed by atoms with Crippen molar-refractivity contribution in [1.82, 2.24) is 4.90 Å². The van der Waals surface area contributed by atoms with Crippen molar-refractivity contribution < 1.29 is 19.3 Å². The van der Waals surface area contributed by atoms with Gasteiger partial charge in [0.15, 0.2) is 11.5 Å². The summed E-state index contributed by atoms with van der Waals surface area (Å²) in [6.07, 6.45) is 0.821. The smallest absolute Gasteiger partial charge is 0.161 e. The highest BCUT2D eigenvalue weighted by Crippen LogP contribution is 2.47. The highest BCUT2D eigenvalue weighted by molar-refractivity contribution is 5.50. The maximum atomic E-state index is 9.98. The van der Waals surface area contributed by atoms with Crippen molar-refractivity contribution >= 4 is 0 Å². The lowest BCUT2D eigenvalue weighted by Gasteiger charge is -2.49. The lowest BCUT2D eigenvalue weighted by Crippen LogP contribution is -2.48. The molecule has 2 aromatic rings. The molecule has 2 aromatic carbocycles. The number of benzene rings is 2. The number of nitrogens with zero attached hydrogens (tertiary/aromatic N) is 1. The van der Waals surface area contributed by atoms with Gasteiger partial charge < -0.3 is 19.3 Å². The number of aliphatic hydroxyl groups is 1. The average molecular weight is 355 g/mol. The first-order chi connectivity index (χ1) is 12.8. The van der Waals surface area contributed by atoms with Crippen LogP contribution in [-0.4, -0.2) is 44.0 Å². The van der Waals surface area contributed by atoms with Crippen LogP contribution in [-0.2, 0) is 11.2 Å². The average Bonchev–Trinajstić information content (AvgIpc) is 2.72. The fourth-order valence-corrected chi connectivity index (χ4v) is 4.24. The molecular weight excluding hydrogens is 330 g/mol. The zero-order valence-electron chi connectivity index (χ0n) is 15.2. The van der Waals surface area contributed by atoms with E-state index in [0.29, 0.717) is 6.61 Å². The van der Waals surface area contributed by atoms with Crippen LogP contribution in [0, 0.1) is 5.92 Å². The van der Waals surface area contributed by atoms with Crippen molar-refractivity contribution in [3.8, 4) is 11.5 Å². The minimum atomic E-state index is -0.0924. The van der Waals surface area contributed by atoms with E-state index in [1.807, 2.05) is 18.2 Å². The first kappa shape index (κ1) is 17.3. The molecule has 4 rings (SSSR count). The fraction of sp³-hybridized carbons (Fsp3) is 0.429. The third-order valence-electron chi connectivity index (χ3n) is 5.50. The molecule has 1 N–H and O–H groups in total. The van der Waals surface area contributed by atoms with E-state index in [4.69, 9.17) is 14.2 Å². The van der Waals surface area contributed by atoms with Crippen molar-refractivity contribution in [3.05, 3.63) is 59.2 Å². The van der Waals surface area contributed by atoms with Crippen LogP contribution in [0.25, 0.3) is 0 Å².